The third-order valence-corrected chi connectivity index (χ3v) is 9.91. The summed E-state index contributed by atoms with van der Waals surface area (Å²) in [5.74, 6) is 0.975. The van der Waals surface area contributed by atoms with Crippen molar-refractivity contribution in [1.82, 2.24) is 15.1 Å². The van der Waals surface area contributed by atoms with E-state index in [0.29, 0.717) is 13.1 Å². The molecule has 0 radical (unpaired) electrons. The van der Waals surface area contributed by atoms with E-state index >= 15 is 0 Å². The van der Waals surface area contributed by atoms with Crippen molar-refractivity contribution in [2.24, 2.45) is 4.99 Å². The number of methoxy groups -OCH3 is 1. The molecule has 0 unspecified atom stereocenters. The molecule has 2 aliphatic heterocycles. The van der Waals surface area contributed by atoms with E-state index in [9.17, 15) is 9.59 Å². The van der Waals surface area contributed by atoms with Crippen molar-refractivity contribution in [2.45, 2.75) is 92.0 Å². The monoisotopic (exact) mass is 621 g/mol. The molecule has 6 rings (SSSR count). The molecule has 0 bridgehead atoms. The van der Waals surface area contributed by atoms with Gasteiger partial charge in [-0.05, 0) is 62.3 Å². The predicted molar refractivity (Wildman–Crippen MR) is 184 cm³/mol. The maximum absolute atomic E-state index is 13.8. The molecular formula is C35H51N5O3S. The molecule has 240 valence electrons. The van der Waals surface area contributed by atoms with E-state index in [4.69, 9.17) is 9.73 Å². The number of carbonyl (C=O) groups excluding carboxylic acids is 2. The molecule has 44 heavy (non-hydrogen) atoms. The fourth-order valence-electron chi connectivity index (χ4n) is 6.28. The topological polar surface area (TPSA) is 77.5 Å². The van der Waals surface area contributed by atoms with Gasteiger partial charge in [0, 0.05) is 49.5 Å². The number of hydrogen-bond acceptors (Lipinski definition) is 7. The van der Waals surface area contributed by atoms with E-state index in [0.717, 1.165) is 76.9 Å². The summed E-state index contributed by atoms with van der Waals surface area (Å²) in [6, 6.07) is 8.37. The second-order valence-corrected chi connectivity index (χ2v) is 12.3. The first-order chi connectivity index (χ1) is 21.5. The zero-order valence-electron chi connectivity index (χ0n) is 27.6. The van der Waals surface area contributed by atoms with Gasteiger partial charge in [0.05, 0.1) is 24.0 Å². The molecule has 1 aromatic heterocycles. The van der Waals surface area contributed by atoms with Gasteiger partial charge in [0.1, 0.15) is 17.3 Å². The summed E-state index contributed by atoms with van der Waals surface area (Å²) in [6.45, 7) is 13.2. The zero-order valence-corrected chi connectivity index (χ0v) is 28.4. The smallest absolute Gasteiger partial charge is 0.264 e. The lowest BCUT2D eigenvalue weighted by Gasteiger charge is -2.36. The number of nitrogens with zero attached hydrogens (tertiary/aromatic N) is 4. The summed E-state index contributed by atoms with van der Waals surface area (Å²) in [5, 5.41) is 4.14. The van der Waals surface area contributed by atoms with Crippen LogP contribution in [0.5, 0.6) is 5.75 Å². The highest BCUT2D eigenvalue weighted by atomic mass is 32.1. The van der Waals surface area contributed by atoms with Gasteiger partial charge in [-0.2, -0.15) is 0 Å². The minimum Gasteiger partial charge on any atom is -0.497 e. The quantitative estimate of drug-likeness (QED) is 0.364. The fourth-order valence-corrected chi connectivity index (χ4v) is 7.40. The first kappa shape index (κ1) is 33.6. The Hall–Kier alpha value is -3.33. The molecule has 2 amide bonds. The number of amides is 2. The van der Waals surface area contributed by atoms with Crippen molar-refractivity contribution >= 4 is 45.9 Å². The lowest BCUT2D eigenvalue weighted by Crippen LogP contribution is -2.48. The van der Waals surface area contributed by atoms with Crippen molar-refractivity contribution in [3.8, 4) is 5.75 Å². The second-order valence-electron chi connectivity index (χ2n) is 11.3. The van der Waals surface area contributed by atoms with Crippen LogP contribution in [-0.4, -0.2) is 73.8 Å². The minimum atomic E-state index is 0.0531. The van der Waals surface area contributed by atoms with E-state index in [1.807, 2.05) is 55.7 Å². The van der Waals surface area contributed by atoms with Gasteiger partial charge in [-0.15, -0.1) is 11.3 Å². The Kier molecular flexibility index (Phi) is 12.3. The molecule has 4 aliphatic rings. The molecule has 2 saturated carbocycles. The zero-order chi connectivity index (χ0) is 31.6. The number of anilines is 1. The predicted octanol–water partition coefficient (Wildman–Crippen LogP) is 7.40. The number of allylic oxidation sites excluding steroid dienone is 1. The molecule has 1 aromatic carbocycles. The van der Waals surface area contributed by atoms with Crippen LogP contribution in [0.15, 0.2) is 34.8 Å². The summed E-state index contributed by atoms with van der Waals surface area (Å²) in [5.41, 5.74) is 5.62. The minimum absolute atomic E-state index is 0.0531. The van der Waals surface area contributed by atoms with Crippen LogP contribution in [0.25, 0.3) is 5.70 Å². The summed E-state index contributed by atoms with van der Waals surface area (Å²) < 4.78 is 5.39. The molecule has 9 heteroatoms. The standard InChI is InChI=1S/C31H39N5O3S.2C2H6/c1-21-27-28(22-8-6-9-22)36(19-26(37)33-23-10-4-3-5-11-23)20-32-30(27)40-29(21)31(38)35-16-14-34(15-17-35)24-12-7-13-25(18-24)39-2;2*1-2/h7,12-13,18,20,23H,3-6,8-11,14-17,19H2,1-2H3,(H,33,37);2*1-2H3. The maximum Gasteiger partial charge on any atom is 0.264 e. The van der Waals surface area contributed by atoms with Gasteiger partial charge >= 0.3 is 0 Å². The van der Waals surface area contributed by atoms with E-state index in [2.05, 4.69) is 23.2 Å². The van der Waals surface area contributed by atoms with Crippen molar-refractivity contribution in [3.05, 3.63) is 45.8 Å². The third kappa shape index (κ3) is 7.48. The van der Waals surface area contributed by atoms with Gasteiger partial charge in [0.25, 0.3) is 5.91 Å². The van der Waals surface area contributed by atoms with Gasteiger partial charge in [-0.1, -0.05) is 53.0 Å². The van der Waals surface area contributed by atoms with Crippen molar-refractivity contribution in [2.75, 3.05) is 44.7 Å². The molecule has 0 spiro atoms. The van der Waals surface area contributed by atoms with Gasteiger partial charge in [0.2, 0.25) is 5.91 Å². The van der Waals surface area contributed by atoms with Crippen molar-refractivity contribution < 1.29 is 14.3 Å². The van der Waals surface area contributed by atoms with Crippen LogP contribution < -0.4 is 15.0 Å². The van der Waals surface area contributed by atoms with E-state index in [1.54, 1.807) is 13.4 Å². The highest BCUT2D eigenvalue weighted by Crippen LogP contribution is 2.47. The highest BCUT2D eigenvalue weighted by Gasteiger charge is 2.34. The SMILES string of the molecule is CC.CC.COc1cccc(N2CCN(C(=O)c3sc4c(c3C)C(=C3CCC3)N(CC(=O)NC3CCCCC3)C=N4)CC2)c1. The molecule has 1 N–H and O–H groups in total. The van der Waals surface area contributed by atoms with Gasteiger partial charge < -0.3 is 24.8 Å². The van der Waals surface area contributed by atoms with Crippen molar-refractivity contribution in [3.63, 3.8) is 0 Å². The second kappa shape index (κ2) is 16.1. The number of thiophene rings is 1. The normalized spacial score (nSPS) is 17.9. The van der Waals surface area contributed by atoms with Crippen LogP contribution in [0.2, 0.25) is 0 Å². The van der Waals surface area contributed by atoms with Gasteiger partial charge in [-0.3, -0.25) is 9.59 Å². The van der Waals surface area contributed by atoms with E-state index < -0.39 is 0 Å². The van der Waals surface area contributed by atoms with Crippen molar-refractivity contribution in [1.29, 1.82) is 0 Å². The van der Waals surface area contributed by atoms with Gasteiger partial charge in [0.15, 0.2) is 0 Å². The number of rotatable bonds is 6. The summed E-state index contributed by atoms with van der Waals surface area (Å²) in [6.07, 6.45) is 10.8. The maximum atomic E-state index is 13.8. The van der Waals surface area contributed by atoms with Crippen LogP contribution in [0, 0.1) is 6.92 Å². The largest absolute Gasteiger partial charge is 0.497 e. The number of benzene rings is 1. The molecular weight excluding hydrogens is 570 g/mol. The average Bonchev–Trinajstić information content (AvgIpc) is 3.39. The summed E-state index contributed by atoms with van der Waals surface area (Å²) in [4.78, 5) is 38.6. The van der Waals surface area contributed by atoms with Crippen LogP contribution >= 0.6 is 11.3 Å². The Morgan fingerprint density at radius 1 is 1.00 bits per heavy atom. The summed E-state index contributed by atoms with van der Waals surface area (Å²) >= 11 is 1.49. The van der Waals surface area contributed by atoms with E-state index in [-0.39, 0.29) is 24.4 Å². The average molecular weight is 622 g/mol. The molecule has 0 atom stereocenters. The summed E-state index contributed by atoms with van der Waals surface area (Å²) in [7, 11) is 1.68. The first-order valence-corrected chi connectivity index (χ1v) is 17.5. The lowest BCUT2D eigenvalue weighted by atomic mass is 9.87. The van der Waals surface area contributed by atoms with Crippen LogP contribution in [0.3, 0.4) is 0 Å². The number of nitrogens with one attached hydrogen (secondary N) is 1. The third-order valence-electron chi connectivity index (χ3n) is 8.72. The number of carbonyl (C=O) groups is 2. The molecule has 2 aliphatic carbocycles. The first-order valence-electron chi connectivity index (χ1n) is 16.7. The van der Waals surface area contributed by atoms with Crippen LogP contribution in [0.1, 0.15) is 99.9 Å². The Bertz CT molecular complexity index is 1330. The lowest BCUT2D eigenvalue weighted by molar-refractivity contribution is -0.121. The Morgan fingerprint density at radius 3 is 2.34 bits per heavy atom. The van der Waals surface area contributed by atoms with E-state index in [1.165, 1.54) is 42.6 Å². The Labute approximate surface area is 268 Å². The Balaban J connectivity index is 0.00000106. The molecule has 2 aromatic rings. The fraction of sp³-hybridized carbons (Fsp3) is 0.571. The number of aliphatic imine (C=N–C) groups is 1. The Morgan fingerprint density at radius 2 is 1.70 bits per heavy atom. The van der Waals surface area contributed by atoms with Gasteiger partial charge in [-0.25, -0.2) is 4.99 Å². The number of fused-ring (bicyclic) bond motifs is 1. The molecule has 8 nitrogen and oxygen atoms in total. The molecule has 1 saturated heterocycles. The molecule has 3 fully saturated rings. The molecule has 3 heterocycles. The van der Waals surface area contributed by atoms with Crippen LogP contribution in [-0.2, 0) is 4.79 Å². The number of ether oxygens (including phenoxy) is 1. The van der Waals surface area contributed by atoms with Crippen LogP contribution in [0.4, 0.5) is 10.7 Å². The highest BCUT2D eigenvalue weighted by molar-refractivity contribution is 7.18. The number of piperazine rings is 1. The number of hydrogen-bond donors (Lipinski definition) is 1.